The molecule has 2 N–H and O–H groups in total. The fraction of sp³-hybridized carbons (Fsp3) is 0.647. The van der Waals surface area contributed by atoms with Gasteiger partial charge in [0, 0.05) is 19.5 Å². The van der Waals surface area contributed by atoms with Crippen LogP contribution in [-0.2, 0) is 4.79 Å². The van der Waals surface area contributed by atoms with E-state index in [4.69, 9.17) is 10.5 Å². The summed E-state index contributed by atoms with van der Waals surface area (Å²) in [4.78, 5) is 34.2. The van der Waals surface area contributed by atoms with Gasteiger partial charge >= 0.3 is 0 Å². The van der Waals surface area contributed by atoms with Crippen molar-refractivity contribution in [2.45, 2.75) is 39.2 Å². The molecule has 1 amide bonds. The summed E-state index contributed by atoms with van der Waals surface area (Å²) in [7, 11) is 1.50. The summed E-state index contributed by atoms with van der Waals surface area (Å²) in [5.41, 5.74) is 5.99. The van der Waals surface area contributed by atoms with Crippen LogP contribution in [-0.4, -0.2) is 52.8 Å². The summed E-state index contributed by atoms with van der Waals surface area (Å²) in [5.74, 6) is 0.978. The largest absolute Gasteiger partial charge is 0.480 e. The molecule has 1 saturated heterocycles. The van der Waals surface area contributed by atoms with Gasteiger partial charge in [0.05, 0.1) is 25.5 Å². The highest BCUT2D eigenvalue weighted by Gasteiger charge is 2.28. The zero-order valence-corrected chi connectivity index (χ0v) is 14.6. The van der Waals surface area contributed by atoms with Gasteiger partial charge in [-0.3, -0.25) is 14.6 Å². The molecule has 1 aromatic heterocycles. The van der Waals surface area contributed by atoms with Crippen molar-refractivity contribution in [2.24, 2.45) is 17.6 Å². The molecule has 0 radical (unpaired) electrons. The van der Waals surface area contributed by atoms with Gasteiger partial charge in [-0.1, -0.05) is 6.92 Å². The van der Waals surface area contributed by atoms with E-state index in [1.54, 1.807) is 6.92 Å². The van der Waals surface area contributed by atoms with Gasteiger partial charge in [-0.05, 0) is 31.6 Å². The first-order valence-electron chi connectivity index (χ1n) is 8.36. The smallest absolute Gasteiger partial charge is 0.239 e. The number of piperidine rings is 1. The van der Waals surface area contributed by atoms with E-state index < -0.39 is 6.04 Å². The topological polar surface area (TPSA) is 98.4 Å². The Bertz CT molecular complexity index is 583. The number of methoxy groups -OCH3 is 1. The third kappa shape index (κ3) is 4.50. The minimum absolute atomic E-state index is 0.00355. The molecule has 7 heteroatoms. The number of aromatic nitrogens is 2. The second kappa shape index (κ2) is 8.19. The number of carbonyl (C=O) groups is 2. The molecule has 1 aromatic rings. The lowest BCUT2D eigenvalue weighted by atomic mass is 9.82. The summed E-state index contributed by atoms with van der Waals surface area (Å²) in [6.45, 7) is 5.22. The van der Waals surface area contributed by atoms with Crippen LogP contribution in [0.4, 0.5) is 0 Å². The number of amides is 1. The highest BCUT2D eigenvalue weighted by atomic mass is 16.5. The first kappa shape index (κ1) is 18.3. The number of nitrogens with zero attached hydrogens (tertiary/aromatic N) is 3. The van der Waals surface area contributed by atoms with E-state index in [-0.39, 0.29) is 17.6 Å². The molecule has 2 rings (SSSR count). The predicted octanol–water partition coefficient (Wildman–Crippen LogP) is 1.28. The maximum Gasteiger partial charge on any atom is 0.239 e. The van der Waals surface area contributed by atoms with Crippen LogP contribution in [0.2, 0.25) is 0 Å². The lowest BCUT2D eigenvalue weighted by molar-refractivity contribution is -0.133. The number of Topliss-reactive ketones (excluding diaryl/α,β-unsaturated/α-hetero) is 1. The Kier molecular flexibility index (Phi) is 6.25. The molecule has 1 fully saturated rings. The number of likely N-dealkylation sites (tertiary alicyclic amines) is 1. The van der Waals surface area contributed by atoms with Crippen molar-refractivity contribution in [1.29, 1.82) is 0 Å². The Hall–Kier alpha value is -2.02. The molecule has 0 aromatic carbocycles. The standard InChI is InChI=1S/C17H26N4O3/c1-11(8-15(22)14-9-19-10-16(20-14)24-3)13-4-6-21(7-5-13)17(23)12(2)18/h9-13H,4-8,18H2,1-3H3/t11?,12-/m0/s1. The van der Waals surface area contributed by atoms with E-state index in [1.807, 2.05) is 4.90 Å². The monoisotopic (exact) mass is 334 g/mol. The molecule has 132 valence electrons. The van der Waals surface area contributed by atoms with Gasteiger partial charge < -0.3 is 15.4 Å². The van der Waals surface area contributed by atoms with Crippen LogP contribution in [0.3, 0.4) is 0 Å². The van der Waals surface area contributed by atoms with Crippen LogP contribution < -0.4 is 10.5 Å². The normalized spacial score (nSPS) is 18.1. The van der Waals surface area contributed by atoms with E-state index >= 15 is 0 Å². The molecule has 1 aliphatic heterocycles. The number of hydrogen-bond donors (Lipinski definition) is 1. The van der Waals surface area contributed by atoms with Crippen molar-refractivity contribution >= 4 is 11.7 Å². The molecule has 0 bridgehead atoms. The Balaban J connectivity index is 1.88. The number of nitrogens with two attached hydrogens (primary N) is 1. The Morgan fingerprint density at radius 3 is 2.58 bits per heavy atom. The molecule has 1 unspecified atom stereocenters. The maximum atomic E-state index is 12.4. The molecular formula is C17H26N4O3. The van der Waals surface area contributed by atoms with Crippen LogP contribution in [0.15, 0.2) is 12.4 Å². The summed E-state index contributed by atoms with van der Waals surface area (Å²) in [5, 5.41) is 0. The summed E-state index contributed by atoms with van der Waals surface area (Å²) >= 11 is 0. The molecule has 2 atom stereocenters. The molecule has 7 nitrogen and oxygen atoms in total. The third-order valence-corrected chi connectivity index (χ3v) is 4.66. The molecule has 2 heterocycles. The van der Waals surface area contributed by atoms with Crippen LogP contribution in [0, 0.1) is 11.8 Å². The van der Waals surface area contributed by atoms with E-state index in [1.165, 1.54) is 19.5 Å². The lowest BCUT2D eigenvalue weighted by Gasteiger charge is -2.35. The van der Waals surface area contributed by atoms with Gasteiger partial charge in [-0.2, -0.15) is 0 Å². The van der Waals surface area contributed by atoms with Gasteiger partial charge in [0.25, 0.3) is 0 Å². The molecule has 1 aliphatic rings. The predicted molar refractivity (Wildman–Crippen MR) is 89.6 cm³/mol. The third-order valence-electron chi connectivity index (χ3n) is 4.66. The highest BCUT2D eigenvalue weighted by Crippen LogP contribution is 2.28. The van der Waals surface area contributed by atoms with Gasteiger partial charge in [-0.15, -0.1) is 0 Å². The Morgan fingerprint density at radius 2 is 2.00 bits per heavy atom. The fourth-order valence-electron chi connectivity index (χ4n) is 3.12. The summed E-state index contributed by atoms with van der Waals surface area (Å²) < 4.78 is 5.01. The van der Waals surface area contributed by atoms with Crippen molar-refractivity contribution in [2.75, 3.05) is 20.2 Å². The van der Waals surface area contributed by atoms with Crippen LogP contribution >= 0.6 is 0 Å². The van der Waals surface area contributed by atoms with Crippen molar-refractivity contribution in [3.05, 3.63) is 18.1 Å². The van der Waals surface area contributed by atoms with Crippen molar-refractivity contribution < 1.29 is 14.3 Å². The number of ketones is 1. The molecular weight excluding hydrogens is 308 g/mol. The minimum atomic E-state index is -0.452. The van der Waals surface area contributed by atoms with Crippen LogP contribution in [0.1, 0.15) is 43.6 Å². The molecule has 0 spiro atoms. The average molecular weight is 334 g/mol. The number of ether oxygens (including phenoxy) is 1. The second-order valence-electron chi connectivity index (χ2n) is 6.50. The fourth-order valence-corrected chi connectivity index (χ4v) is 3.12. The Labute approximate surface area is 142 Å². The van der Waals surface area contributed by atoms with Gasteiger partial charge in [0.1, 0.15) is 5.69 Å². The van der Waals surface area contributed by atoms with Gasteiger partial charge in [-0.25, -0.2) is 4.98 Å². The number of carbonyl (C=O) groups excluding carboxylic acids is 2. The zero-order chi connectivity index (χ0) is 17.7. The van der Waals surface area contributed by atoms with E-state index in [0.29, 0.717) is 37.0 Å². The van der Waals surface area contributed by atoms with E-state index in [0.717, 1.165) is 12.8 Å². The average Bonchev–Trinajstić information content (AvgIpc) is 2.61. The summed E-state index contributed by atoms with van der Waals surface area (Å²) in [6, 6.07) is -0.452. The van der Waals surface area contributed by atoms with Crippen molar-refractivity contribution in [1.82, 2.24) is 14.9 Å². The maximum absolute atomic E-state index is 12.4. The molecule has 0 saturated carbocycles. The number of rotatable bonds is 6. The van der Waals surface area contributed by atoms with Crippen LogP contribution in [0.5, 0.6) is 5.88 Å². The Morgan fingerprint density at radius 1 is 1.33 bits per heavy atom. The first-order chi connectivity index (χ1) is 11.4. The van der Waals surface area contributed by atoms with E-state index in [2.05, 4.69) is 16.9 Å². The first-order valence-corrected chi connectivity index (χ1v) is 8.36. The lowest BCUT2D eigenvalue weighted by Crippen LogP contribution is -2.46. The van der Waals surface area contributed by atoms with Gasteiger partial charge in [0.15, 0.2) is 5.78 Å². The summed E-state index contributed by atoms with van der Waals surface area (Å²) in [6.07, 6.45) is 5.17. The highest BCUT2D eigenvalue weighted by molar-refractivity contribution is 5.94. The minimum Gasteiger partial charge on any atom is -0.480 e. The molecule has 0 aliphatic carbocycles. The zero-order valence-electron chi connectivity index (χ0n) is 14.6. The van der Waals surface area contributed by atoms with Crippen molar-refractivity contribution in [3.8, 4) is 5.88 Å². The second-order valence-corrected chi connectivity index (χ2v) is 6.50. The molecule has 24 heavy (non-hydrogen) atoms. The SMILES string of the molecule is COc1cncc(C(=O)CC(C)C2CCN(C(=O)[C@H](C)N)CC2)n1. The van der Waals surface area contributed by atoms with Crippen molar-refractivity contribution in [3.63, 3.8) is 0 Å². The van der Waals surface area contributed by atoms with E-state index in [9.17, 15) is 9.59 Å². The quantitative estimate of drug-likeness (QED) is 0.787. The van der Waals surface area contributed by atoms with Gasteiger partial charge in [0.2, 0.25) is 11.8 Å². The van der Waals surface area contributed by atoms with Crippen LogP contribution in [0.25, 0.3) is 0 Å². The number of hydrogen-bond acceptors (Lipinski definition) is 6.